The second kappa shape index (κ2) is 4.41. The number of hydrogen-bond donors (Lipinski definition) is 2. The van der Waals surface area contributed by atoms with E-state index in [1.54, 1.807) is 24.4 Å². The van der Waals surface area contributed by atoms with E-state index >= 15 is 0 Å². The molecule has 4 nitrogen and oxygen atoms in total. The third-order valence-electron chi connectivity index (χ3n) is 2.66. The van der Waals surface area contributed by atoms with Crippen LogP contribution in [0.15, 0.2) is 39.7 Å². The van der Waals surface area contributed by atoms with Crippen molar-refractivity contribution < 1.29 is 5.11 Å². The maximum Gasteiger partial charge on any atom is 0.220 e. The lowest BCUT2D eigenvalue weighted by Gasteiger charge is -2.19. The second-order valence-corrected chi connectivity index (χ2v) is 3.98. The molecule has 2 rings (SSSR count). The smallest absolute Gasteiger partial charge is 0.220 e. The summed E-state index contributed by atoms with van der Waals surface area (Å²) >= 11 is 0. The van der Waals surface area contributed by atoms with Crippen LogP contribution >= 0.6 is 0 Å². The van der Waals surface area contributed by atoms with Crippen LogP contribution in [-0.4, -0.2) is 17.5 Å². The topological polar surface area (TPSA) is 61.7 Å². The summed E-state index contributed by atoms with van der Waals surface area (Å²) in [6.45, 7) is 3.83. The molecule has 0 radical (unpaired) electrons. The zero-order valence-electron chi connectivity index (χ0n) is 9.77. The van der Waals surface area contributed by atoms with Crippen LogP contribution < -0.4 is 10.7 Å². The summed E-state index contributed by atoms with van der Waals surface area (Å²) in [6.07, 6.45) is 1.70. The summed E-state index contributed by atoms with van der Waals surface area (Å²) in [5.74, 6) is -0.243. The third-order valence-corrected chi connectivity index (χ3v) is 2.66. The Morgan fingerprint density at radius 3 is 2.76 bits per heavy atom. The molecular weight excluding hydrogens is 216 g/mol. The Morgan fingerprint density at radius 1 is 1.35 bits per heavy atom. The molecule has 1 heterocycles. The average molecular weight is 230 g/mol. The molecule has 1 aromatic rings. The van der Waals surface area contributed by atoms with Crippen molar-refractivity contribution in [1.82, 2.24) is 5.32 Å². The highest BCUT2D eigenvalue weighted by atomic mass is 16.3. The van der Waals surface area contributed by atoms with E-state index in [1.807, 2.05) is 13.8 Å². The van der Waals surface area contributed by atoms with Gasteiger partial charge < -0.3 is 10.4 Å². The first kappa shape index (κ1) is 11.4. The molecule has 0 amide bonds. The quantitative estimate of drug-likeness (QED) is 0.768. The number of allylic oxidation sites excluding steroid dienone is 2. The van der Waals surface area contributed by atoms with Gasteiger partial charge in [0.15, 0.2) is 5.75 Å². The minimum absolute atomic E-state index is 0.0186. The number of aromatic hydroxyl groups is 1. The molecule has 1 aliphatic heterocycles. The van der Waals surface area contributed by atoms with Crippen LogP contribution in [0.3, 0.4) is 0 Å². The van der Waals surface area contributed by atoms with Crippen molar-refractivity contribution in [1.29, 1.82) is 0 Å². The van der Waals surface area contributed by atoms with E-state index in [2.05, 4.69) is 10.3 Å². The molecule has 1 aromatic carbocycles. The van der Waals surface area contributed by atoms with Gasteiger partial charge in [-0.1, -0.05) is 18.2 Å². The number of hydrogen-bond acceptors (Lipinski definition) is 4. The highest BCUT2D eigenvalue weighted by Gasteiger charge is 2.14. The van der Waals surface area contributed by atoms with Gasteiger partial charge in [-0.15, -0.1) is 0 Å². The fourth-order valence-corrected chi connectivity index (χ4v) is 1.79. The molecule has 17 heavy (non-hydrogen) atoms. The van der Waals surface area contributed by atoms with Crippen LogP contribution in [0.5, 0.6) is 5.75 Å². The molecule has 0 saturated heterocycles. The molecule has 4 heteroatoms. The maximum atomic E-state index is 11.5. The zero-order chi connectivity index (χ0) is 12.4. The van der Waals surface area contributed by atoms with Gasteiger partial charge in [-0.3, -0.25) is 9.79 Å². The van der Waals surface area contributed by atoms with E-state index in [4.69, 9.17) is 0 Å². The first-order valence-electron chi connectivity index (χ1n) is 5.43. The average Bonchev–Trinajstić information content (AvgIpc) is 2.44. The SMILES string of the molecule is CC1=C(c2ccccc(=O)c2O)C=NC(C)N1. The Bertz CT molecular complexity index is 562. The Labute approximate surface area is 99.3 Å². The Morgan fingerprint density at radius 2 is 2.06 bits per heavy atom. The van der Waals surface area contributed by atoms with E-state index in [1.165, 1.54) is 6.07 Å². The molecule has 0 aliphatic carbocycles. The number of rotatable bonds is 1. The summed E-state index contributed by atoms with van der Waals surface area (Å²) in [7, 11) is 0. The molecule has 2 N–H and O–H groups in total. The second-order valence-electron chi connectivity index (χ2n) is 3.98. The Balaban J connectivity index is 2.61. The molecule has 0 spiro atoms. The highest BCUT2D eigenvalue weighted by molar-refractivity contribution is 6.12. The first-order valence-corrected chi connectivity index (χ1v) is 5.43. The summed E-state index contributed by atoms with van der Waals surface area (Å²) < 4.78 is 0. The van der Waals surface area contributed by atoms with Crippen molar-refractivity contribution in [2.45, 2.75) is 20.0 Å². The highest BCUT2D eigenvalue weighted by Crippen LogP contribution is 2.23. The predicted molar refractivity (Wildman–Crippen MR) is 68.1 cm³/mol. The maximum absolute atomic E-state index is 11.5. The lowest BCUT2D eigenvalue weighted by atomic mass is 10.0. The molecule has 1 unspecified atom stereocenters. The van der Waals surface area contributed by atoms with Gasteiger partial charge in [-0.05, 0) is 19.9 Å². The van der Waals surface area contributed by atoms with Crippen LogP contribution in [-0.2, 0) is 0 Å². The van der Waals surface area contributed by atoms with Crippen LogP contribution in [0.4, 0.5) is 0 Å². The van der Waals surface area contributed by atoms with Gasteiger partial charge in [0.1, 0.15) is 6.17 Å². The van der Waals surface area contributed by atoms with Crippen LogP contribution in [0.1, 0.15) is 19.4 Å². The van der Waals surface area contributed by atoms with Gasteiger partial charge in [0.25, 0.3) is 0 Å². The van der Waals surface area contributed by atoms with Crippen molar-refractivity contribution in [3.63, 3.8) is 0 Å². The molecular formula is C13H14N2O2. The van der Waals surface area contributed by atoms with Crippen molar-refractivity contribution in [3.05, 3.63) is 45.7 Å². The molecule has 88 valence electrons. The molecule has 1 atom stereocenters. The van der Waals surface area contributed by atoms with E-state index in [-0.39, 0.29) is 11.9 Å². The predicted octanol–water partition coefficient (Wildman–Crippen LogP) is 1.50. The summed E-state index contributed by atoms with van der Waals surface area (Å²) in [5.41, 5.74) is 1.75. The summed E-state index contributed by atoms with van der Waals surface area (Å²) in [5, 5.41) is 13.0. The van der Waals surface area contributed by atoms with Gasteiger partial charge >= 0.3 is 0 Å². The molecule has 0 saturated carbocycles. The van der Waals surface area contributed by atoms with Gasteiger partial charge in [-0.25, -0.2) is 0 Å². The van der Waals surface area contributed by atoms with Gasteiger partial charge in [0.2, 0.25) is 5.43 Å². The van der Waals surface area contributed by atoms with E-state index in [0.717, 1.165) is 11.3 Å². The van der Waals surface area contributed by atoms with Crippen LogP contribution in [0.2, 0.25) is 0 Å². The van der Waals surface area contributed by atoms with Gasteiger partial charge in [0, 0.05) is 23.0 Å². The van der Waals surface area contributed by atoms with Crippen LogP contribution in [0.25, 0.3) is 5.57 Å². The standard InChI is InChI=1S/C13H14N2O2/c1-8-11(7-14-9(2)15-8)10-5-3-4-6-12(16)13(10)17/h3-7,9,15H,1-2H3,(H,16,17). The minimum atomic E-state index is -0.391. The Hall–Kier alpha value is -2.10. The monoisotopic (exact) mass is 230 g/mol. The molecule has 0 aromatic heterocycles. The molecule has 0 fully saturated rings. The third kappa shape index (κ3) is 2.20. The number of aliphatic imine (C=N–C) groups is 1. The van der Waals surface area contributed by atoms with Crippen LogP contribution in [0, 0.1) is 0 Å². The van der Waals surface area contributed by atoms with Crippen molar-refractivity contribution in [2.24, 2.45) is 4.99 Å². The normalized spacial score (nSPS) is 19.1. The fourth-order valence-electron chi connectivity index (χ4n) is 1.79. The summed E-state index contributed by atoms with van der Waals surface area (Å²) in [6, 6.07) is 6.38. The van der Waals surface area contributed by atoms with E-state index in [9.17, 15) is 9.90 Å². The number of nitrogens with zero attached hydrogens (tertiary/aromatic N) is 1. The Kier molecular flexibility index (Phi) is 2.95. The molecule has 1 aliphatic rings. The number of nitrogens with one attached hydrogen (secondary N) is 1. The molecule has 0 bridgehead atoms. The zero-order valence-corrected chi connectivity index (χ0v) is 9.77. The van der Waals surface area contributed by atoms with Gasteiger partial charge in [0.05, 0.1) is 0 Å². The van der Waals surface area contributed by atoms with Gasteiger partial charge in [-0.2, -0.15) is 0 Å². The lowest BCUT2D eigenvalue weighted by Crippen LogP contribution is -2.26. The van der Waals surface area contributed by atoms with E-state index < -0.39 is 5.43 Å². The lowest BCUT2D eigenvalue weighted by molar-refractivity contribution is 0.469. The van der Waals surface area contributed by atoms with Crippen molar-refractivity contribution >= 4 is 11.8 Å². The minimum Gasteiger partial charge on any atom is -0.504 e. The van der Waals surface area contributed by atoms with Crippen molar-refractivity contribution in [2.75, 3.05) is 0 Å². The largest absolute Gasteiger partial charge is 0.504 e. The first-order chi connectivity index (χ1) is 8.09. The van der Waals surface area contributed by atoms with E-state index in [0.29, 0.717) is 5.56 Å². The summed E-state index contributed by atoms with van der Waals surface area (Å²) in [4.78, 5) is 15.7. The fraction of sp³-hybridized carbons (Fsp3) is 0.231. The van der Waals surface area contributed by atoms with Crippen molar-refractivity contribution in [3.8, 4) is 5.75 Å².